The molecule has 4 rings (SSSR count). The number of amides is 2. The van der Waals surface area contributed by atoms with Crippen LogP contribution in [0, 0.1) is 0 Å². The van der Waals surface area contributed by atoms with Gasteiger partial charge in [-0.1, -0.05) is 39.4 Å². The fraction of sp³-hybridized carbons (Fsp3) is 0.333. The molecule has 1 aromatic carbocycles. The number of hydrogen-bond donors (Lipinski definition) is 1. The summed E-state index contributed by atoms with van der Waals surface area (Å²) < 4.78 is 0.977. The number of nitrogens with one attached hydrogen (secondary N) is 1. The molecular weight excluding hydrogens is 466 g/mol. The van der Waals surface area contributed by atoms with Gasteiger partial charge in [-0.25, -0.2) is 9.97 Å². The highest BCUT2D eigenvalue weighted by Crippen LogP contribution is 2.27. The summed E-state index contributed by atoms with van der Waals surface area (Å²) in [7, 11) is 0. The first-order valence-corrected chi connectivity index (χ1v) is 11.4. The van der Waals surface area contributed by atoms with Crippen LogP contribution in [0.25, 0.3) is 10.3 Å². The molecule has 0 atom stereocenters. The van der Waals surface area contributed by atoms with Crippen molar-refractivity contribution in [3.05, 3.63) is 52.6 Å². The Hall–Kier alpha value is -2.52. The van der Waals surface area contributed by atoms with Crippen LogP contribution in [0.15, 0.2) is 47.1 Å². The molecule has 3 heterocycles. The average molecular weight is 488 g/mol. The molecule has 1 saturated heterocycles. The highest BCUT2D eigenvalue weighted by atomic mass is 79.9. The third kappa shape index (κ3) is 5.14. The lowest BCUT2D eigenvalue weighted by Gasteiger charge is -2.34. The fourth-order valence-electron chi connectivity index (χ4n) is 3.36. The van der Waals surface area contributed by atoms with Crippen LogP contribution in [0.5, 0.6) is 0 Å². The Morgan fingerprint density at radius 1 is 1.10 bits per heavy atom. The van der Waals surface area contributed by atoms with Crippen molar-refractivity contribution in [3.63, 3.8) is 0 Å². The number of halogens is 1. The maximum atomic E-state index is 12.5. The van der Waals surface area contributed by atoms with E-state index in [1.807, 2.05) is 41.3 Å². The molecule has 30 heavy (non-hydrogen) atoms. The third-order valence-electron chi connectivity index (χ3n) is 5.00. The van der Waals surface area contributed by atoms with Crippen LogP contribution in [0.4, 0.5) is 5.13 Å². The number of fused-ring (bicyclic) bond motifs is 1. The lowest BCUT2D eigenvalue weighted by atomic mass is 10.2. The van der Waals surface area contributed by atoms with E-state index in [-0.39, 0.29) is 24.7 Å². The van der Waals surface area contributed by atoms with Gasteiger partial charge in [-0.05, 0) is 29.8 Å². The molecule has 1 aliphatic heterocycles. The summed E-state index contributed by atoms with van der Waals surface area (Å²) in [5, 5.41) is 3.82. The maximum Gasteiger partial charge on any atom is 0.223 e. The fourth-order valence-corrected chi connectivity index (χ4v) is 4.76. The van der Waals surface area contributed by atoms with E-state index in [1.54, 1.807) is 17.5 Å². The number of carbonyl (C=O) groups excluding carboxylic acids is 2. The van der Waals surface area contributed by atoms with Crippen molar-refractivity contribution in [2.75, 3.05) is 31.1 Å². The van der Waals surface area contributed by atoms with Gasteiger partial charge in [0.25, 0.3) is 0 Å². The number of benzene rings is 1. The largest absolute Gasteiger partial charge is 0.352 e. The summed E-state index contributed by atoms with van der Waals surface area (Å²) in [5.74, 6) is -0.0813. The molecule has 0 bridgehead atoms. The van der Waals surface area contributed by atoms with Crippen LogP contribution in [0.2, 0.25) is 0 Å². The quantitative estimate of drug-likeness (QED) is 0.577. The van der Waals surface area contributed by atoms with Crippen LogP contribution in [0.3, 0.4) is 0 Å². The highest BCUT2D eigenvalue weighted by molar-refractivity contribution is 9.10. The van der Waals surface area contributed by atoms with Crippen molar-refractivity contribution >= 4 is 54.6 Å². The average Bonchev–Trinajstić information content (AvgIpc) is 3.20. The Kier molecular flexibility index (Phi) is 6.59. The van der Waals surface area contributed by atoms with Gasteiger partial charge in [0.15, 0.2) is 5.13 Å². The van der Waals surface area contributed by atoms with Gasteiger partial charge in [-0.2, -0.15) is 0 Å². The van der Waals surface area contributed by atoms with Crippen LogP contribution in [-0.2, 0) is 16.1 Å². The molecule has 7 nitrogen and oxygen atoms in total. The van der Waals surface area contributed by atoms with E-state index in [1.165, 1.54) is 0 Å². The van der Waals surface area contributed by atoms with Gasteiger partial charge in [0.05, 0.1) is 0 Å². The Morgan fingerprint density at radius 2 is 1.93 bits per heavy atom. The van der Waals surface area contributed by atoms with Crippen molar-refractivity contribution in [2.45, 2.75) is 19.4 Å². The second-order valence-corrected chi connectivity index (χ2v) is 8.97. The molecule has 0 spiro atoms. The minimum atomic E-state index is -0.107. The first kappa shape index (κ1) is 20.7. The monoisotopic (exact) mass is 487 g/mol. The van der Waals surface area contributed by atoms with Crippen molar-refractivity contribution in [1.29, 1.82) is 0 Å². The van der Waals surface area contributed by atoms with E-state index >= 15 is 0 Å². The van der Waals surface area contributed by atoms with E-state index in [0.717, 1.165) is 38.6 Å². The Balaban J connectivity index is 1.21. The van der Waals surface area contributed by atoms with E-state index in [0.29, 0.717) is 19.6 Å². The van der Waals surface area contributed by atoms with E-state index in [4.69, 9.17) is 0 Å². The number of thiazole rings is 1. The van der Waals surface area contributed by atoms with E-state index in [9.17, 15) is 9.59 Å². The zero-order valence-corrected chi connectivity index (χ0v) is 18.8. The standard InChI is InChI=1S/C21H22BrN5O2S/c22-16-4-1-3-15(13-16)14-24-18(28)6-7-19(29)26-9-11-27(12-10-26)21-25-17-5-2-8-23-20(17)30-21/h1-5,8,13H,6-7,9-12,14H2,(H,24,28). The number of piperazine rings is 1. The number of carbonyl (C=O) groups is 2. The van der Waals surface area contributed by atoms with Crippen molar-refractivity contribution in [1.82, 2.24) is 20.2 Å². The number of nitrogens with zero attached hydrogens (tertiary/aromatic N) is 4. The van der Waals surface area contributed by atoms with Crippen LogP contribution in [0.1, 0.15) is 18.4 Å². The van der Waals surface area contributed by atoms with Gasteiger partial charge < -0.3 is 15.1 Å². The zero-order valence-electron chi connectivity index (χ0n) is 16.4. The van der Waals surface area contributed by atoms with E-state index in [2.05, 4.69) is 36.1 Å². The highest BCUT2D eigenvalue weighted by Gasteiger charge is 2.23. The molecule has 156 valence electrons. The predicted octanol–water partition coefficient (Wildman–Crippen LogP) is 3.20. The number of rotatable bonds is 6. The number of pyridine rings is 1. The summed E-state index contributed by atoms with van der Waals surface area (Å²) in [5.41, 5.74) is 1.93. The lowest BCUT2D eigenvalue weighted by Crippen LogP contribution is -2.48. The minimum Gasteiger partial charge on any atom is -0.352 e. The Bertz CT molecular complexity index is 1020. The summed E-state index contributed by atoms with van der Waals surface area (Å²) >= 11 is 4.99. The van der Waals surface area contributed by atoms with Gasteiger partial charge >= 0.3 is 0 Å². The molecule has 3 aromatic rings. The van der Waals surface area contributed by atoms with Crippen LogP contribution in [-0.4, -0.2) is 52.9 Å². The van der Waals surface area contributed by atoms with Gasteiger partial charge in [0, 0.05) is 56.2 Å². The van der Waals surface area contributed by atoms with Crippen molar-refractivity contribution in [2.24, 2.45) is 0 Å². The summed E-state index contributed by atoms with van der Waals surface area (Å²) in [6, 6.07) is 11.6. The predicted molar refractivity (Wildman–Crippen MR) is 121 cm³/mol. The first-order chi connectivity index (χ1) is 14.6. The number of hydrogen-bond acceptors (Lipinski definition) is 6. The zero-order chi connectivity index (χ0) is 20.9. The number of aromatic nitrogens is 2. The Labute approximate surface area is 187 Å². The first-order valence-electron chi connectivity index (χ1n) is 9.84. The van der Waals surface area contributed by atoms with Crippen LogP contribution < -0.4 is 10.2 Å². The normalized spacial score (nSPS) is 14.2. The molecule has 2 aromatic heterocycles. The van der Waals surface area contributed by atoms with Crippen molar-refractivity contribution < 1.29 is 9.59 Å². The molecule has 0 aliphatic carbocycles. The molecule has 0 radical (unpaired) electrons. The van der Waals surface area contributed by atoms with E-state index < -0.39 is 0 Å². The summed E-state index contributed by atoms with van der Waals surface area (Å²) in [6.07, 6.45) is 2.21. The summed E-state index contributed by atoms with van der Waals surface area (Å²) in [6.45, 7) is 3.22. The van der Waals surface area contributed by atoms with Gasteiger partial charge in [-0.3, -0.25) is 9.59 Å². The van der Waals surface area contributed by atoms with Crippen LogP contribution >= 0.6 is 27.3 Å². The van der Waals surface area contributed by atoms with Gasteiger partial charge in [0.2, 0.25) is 11.8 Å². The molecule has 0 unspecified atom stereocenters. The molecule has 1 aliphatic rings. The third-order valence-corrected chi connectivity index (χ3v) is 6.54. The second kappa shape index (κ2) is 9.53. The van der Waals surface area contributed by atoms with Crippen molar-refractivity contribution in [3.8, 4) is 0 Å². The Morgan fingerprint density at radius 3 is 2.70 bits per heavy atom. The number of anilines is 1. The maximum absolute atomic E-state index is 12.5. The van der Waals surface area contributed by atoms with Gasteiger partial charge in [-0.15, -0.1) is 0 Å². The molecule has 9 heteroatoms. The molecular formula is C21H22BrN5O2S. The molecule has 0 saturated carbocycles. The topological polar surface area (TPSA) is 78.4 Å². The molecule has 1 fully saturated rings. The minimum absolute atomic E-state index is 0.0261. The second-order valence-electron chi connectivity index (χ2n) is 7.10. The molecule has 2 amide bonds. The lowest BCUT2D eigenvalue weighted by molar-refractivity contribution is -0.133. The van der Waals surface area contributed by atoms with Gasteiger partial charge in [0.1, 0.15) is 10.3 Å². The SMILES string of the molecule is O=C(CCC(=O)N1CCN(c2nc3cccnc3s2)CC1)NCc1cccc(Br)c1. The summed E-state index contributed by atoms with van der Waals surface area (Å²) in [4.78, 5) is 38.5. The smallest absolute Gasteiger partial charge is 0.223 e. The molecule has 1 N–H and O–H groups in total.